The number of nitrogens with zero attached hydrogens (tertiary/aromatic N) is 4. The van der Waals surface area contributed by atoms with Crippen LogP contribution in [0.2, 0.25) is 0 Å². The van der Waals surface area contributed by atoms with E-state index < -0.39 is 11.6 Å². The molecule has 0 fully saturated rings. The van der Waals surface area contributed by atoms with E-state index in [4.69, 9.17) is 5.73 Å². The van der Waals surface area contributed by atoms with Gasteiger partial charge in [0.15, 0.2) is 5.82 Å². The highest BCUT2D eigenvalue weighted by Crippen LogP contribution is 2.17. The summed E-state index contributed by atoms with van der Waals surface area (Å²) in [7, 11) is 0. The Morgan fingerprint density at radius 3 is 2.75 bits per heavy atom. The van der Waals surface area contributed by atoms with Crippen LogP contribution in [0.4, 0.5) is 8.78 Å². The Hall–Kier alpha value is -1.89. The van der Waals surface area contributed by atoms with Gasteiger partial charge in [0.05, 0.1) is 6.54 Å². The van der Waals surface area contributed by atoms with Crippen LogP contribution >= 0.6 is 0 Å². The predicted octanol–water partition coefficient (Wildman–Crippen LogP) is 0.708. The van der Waals surface area contributed by atoms with Gasteiger partial charge in [-0.15, -0.1) is 5.10 Å². The minimum Gasteiger partial charge on any atom is -0.324 e. The van der Waals surface area contributed by atoms with Crippen LogP contribution in [-0.2, 0) is 6.54 Å². The Kier molecular flexibility index (Phi) is 2.61. The number of hydrogen-bond donors (Lipinski definition) is 1. The summed E-state index contributed by atoms with van der Waals surface area (Å²) >= 11 is 0. The summed E-state index contributed by atoms with van der Waals surface area (Å²) in [6.45, 7) is 1.52. The van der Waals surface area contributed by atoms with Gasteiger partial charge in [-0.3, -0.25) is 0 Å². The molecular formula is C9H9F2N5. The molecule has 0 aliphatic heterocycles. The summed E-state index contributed by atoms with van der Waals surface area (Å²) in [4.78, 5) is 0. The number of tetrazole rings is 1. The molecule has 2 N–H and O–H groups in total. The highest BCUT2D eigenvalue weighted by atomic mass is 19.1. The van der Waals surface area contributed by atoms with Gasteiger partial charge >= 0.3 is 0 Å². The van der Waals surface area contributed by atoms with Crippen molar-refractivity contribution in [2.75, 3.05) is 0 Å². The second-order valence-electron chi connectivity index (χ2n) is 3.26. The molecule has 0 spiro atoms. The quantitative estimate of drug-likeness (QED) is 0.817. The van der Waals surface area contributed by atoms with Crippen LogP contribution in [0.3, 0.4) is 0 Å². The summed E-state index contributed by atoms with van der Waals surface area (Å²) in [5.74, 6) is -0.849. The number of halogens is 2. The van der Waals surface area contributed by atoms with Gasteiger partial charge in [-0.1, -0.05) is 0 Å². The Labute approximate surface area is 89.9 Å². The van der Waals surface area contributed by atoms with Crippen LogP contribution in [0.5, 0.6) is 0 Å². The van der Waals surface area contributed by atoms with Gasteiger partial charge in [-0.2, -0.15) is 4.68 Å². The van der Waals surface area contributed by atoms with E-state index in [1.54, 1.807) is 0 Å². The molecule has 7 heteroatoms. The fourth-order valence-corrected chi connectivity index (χ4v) is 1.32. The van der Waals surface area contributed by atoms with Crippen LogP contribution in [0.25, 0.3) is 5.69 Å². The lowest BCUT2D eigenvalue weighted by Crippen LogP contribution is -2.10. The molecule has 0 aliphatic rings. The summed E-state index contributed by atoms with van der Waals surface area (Å²) in [6, 6.07) is 2.13. The second-order valence-corrected chi connectivity index (χ2v) is 3.26. The van der Waals surface area contributed by atoms with E-state index in [1.807, 2.05) is 0 Å². The van der Waals surface area contributed by atoms with Gasteiger partial charge in [-0.05, 0) is 29.0 Å². The van der Waals surface area contributed by atoms with Crippen molar-refractivity contribution in [2.45, 2.75) is 13.5 Å². The summed E-state index contributed by atoms with van der Waals surface area (Å²) in [5, 5.41) is 10.5. The molecule has 2 aromatic rings. The zero-order valence-corrected chi connectivity index (χ0v) is 8.48. The molecule has 5 nitrogen and oxygen atoms in total. The number of aryl methyl sites for hydroxylation is 1. The highest BCUT2D eigenvalue weighted by molar-refractivity contribution is 5.36. The topological polar surface area (TPSA) is 69.6 Å². The van der Waals surface area contributed by atoms with E-state index in [-0.39, 0.29) is 23.6 Å². The molecule has 1 aromatic heterocycles. The number of nitrogens with two attached hydrogens (primary N) is 1. The second kappa shape index (κ2) is 3.93. The third-order valence-electron chi connectivity index (χ3n) is 2.17. The number of rotatable bonds is 2. The largest absolute Gasteiger partial charge is 0.324 e. The van der Waals surface area contributed by atoms with Crippen molar-refractivity contribution in [3.63, 3.8) is 0 Å². The monoisotopic (exact) mass is 225 g/mol. The lowest BCUT2D eigenvalue weighted by atomic mass is 10.2. The number of hydrogen-bond acceptors (Lipinski definition) is 4. The first-order valence-electron chi connectivity index (χ1n) is 4.57. The molecule has 84 valence electrons. The molecule has 0 radical (unpaired) electrons. The van der Waals surface area contributed by atoms with Gasteiger partial charge < -0.3 is 5.73 Å². The van der Waals surface area contributed by atoms with Gasteiger partial charge in [0.25, 0.3) is 0 Å². The zero-order valence-electron chi connectivity index (χ0n) is 8.48. The highest BCUT2D eigenvalue weighted by Gasteiger charge is 2.13. The Morgan fingerprint density at radius 2 is 2.06 bits per heavy atom. The summed E-state index contributed by atoms with van der Waals surface area (Å²) in [5.41, 5.74) is 5.55. The lowest BCUT2D eigenvalue weighted by molar-refractivity contribution is 0.574. The predicted molar refractivity (Wildman–Crippen MR) is 51.7 cm³/mol. The van der Waals surface area contributed by atoms with Crippen molar-refractivity contribution < 1.29 is 8.78 Å². The van der Waals surface area contributed by atoms with Crippen LogP contribution < -0.4 is 5.73 Å². The van der Waals surface area contributed by atoms with Crippen molar-refractivity contribution in [1.82, 2.24) is 20.2 Å². The van der Waals surface area contributed by atoms with Crippen molar-refractivity contribution >= 4 is 0 Å². The zero-order chi connectivity index (χ0) is 11.7. The Morgan fingerprint density at radius 1 is 1.31 bits per heavy atom. The Bertz CT molecular complexity index is 523. The van der Waals surface area contributed by atoms with E-state index in [1.165, 1.54) is 6.92 Å². The van der Waals surface area contributed by atoms with Crippen LogP contribution in [0, 0.1) is 18.6 Å². The molecule has 1 aromatic carbocycles. The minimum absolute atomic E-state index is 0.0436. The maximum Gasteiger partial charge on any atom is 0.170 e. The molecule has 0 unspecified atom stereocenters. The van der Waals surface area contributed by atoms with E-state index in [0.29, 0.717) is 0 Å². The van der Waals surface area contributed by atoms with E-state index in [9.17, 15) is 8.78 Å². The smallest absolute Gasteiger partial charge is 0.170 e. The lowest BCUT2D eigenvalue weighted by Gasteiger charge is -2.06. The molecule has 0 atom stereocenters. The molecule has 0 amide bonds. The molecule has 1 heterocycles. The van der Waals surface area contributed by atoms with Crippen molar-refractivity contribution in [2.24, 2.45) is 5.73 Å². The summed E-state index contributed by atoms with van der Waals surface area (Å²) < 4.78 is 28.0. The van der Waals surface area contributed by atoms with E-state index in [2.05, 4.69) is 15.5 Å². The molecule has 16 heavy (non-hydrogen) atoms. The average Bonchev–Trinajstić information content (AvgIpc) is 2.71. The van der Waals surface area contributed by atoms with E-state index in [0.717, 1.165) is 16.8 Å². The Balaban J connectivity index is 2.60. The summed E-state index contributed by atoms with van der Waals surface area (Å²) in [6.07, 6.45) is 0. The SMILES string of the molecule is Cc1cc(F)c(-n2nnnc2CN)cc1F. The number of benzene rings is 1. The fourth-order valence-electron chi connectivity index (χ4n) is 1.32. The van der Waals surface area contributed by atoms with Gasteiger partial charge in [0.1, 0.15) is 17.3 Å². The van der Waals surface area contributed by atoms with E-state index >= 15 is 0 Å². The average molecular weight is 225 g/mol. The standard InChI is InChI=1S/C9H9F2N5/c1-5-2-7(11)8(3-6(5)10)16-9(4-12)13-14-15-16/h2-3H,4,12H2,1H3. The molecule has 0 saturated heterocycles. The van der Waals surface area contributed by atoms with Gasteiger partial charge in [0.2, 0.25) is 0 Å². The molecule has 0 aliphatic carbocycles. The van der Waals surface area contributed by atoms with Gasteiger partial charge in [0, 0.05) is 6.07 Å². The first-order valence-corrected chi connectivity index (χ1v) is 4.57. The first-order chi connectivity index (χ1) is 7.63. The molecule has 0 saturated carbocycles. The van der Waals surface area contributed by atoms with Crippen molar-refractivity contribution in [3.05, 3.63) is 35.2 Å². The number of aromatic nitrogens is 4. The maximum absolute atomic E-state index is 13.6. The van der Waals surface area contributed by atoms with Crippen molar-refractivity contribution in [1.29, 1.82) is 0 Å². The minimum atomic E-state index is -0.596. The first kappa shape index (κ1) is 10.6. The third kappa shape index (κ3) is 1.65. The van der Waals surface area contributed by atoms with Crippen LogP contribution in [0.1, 0.15) is 11.4 Å². The molecule has 2 rings (SSSR count). The molecule has 0 bridgehead atoms. The van der Waals surface area contributed by atoms with Crippen molar-refractivity contribution in [3.8, 4) is 5.69 Å². The molecular weight excluding hydrogens is 216 g/mol. The fraction of sp³-hybridized carbons (Fsp3) is 0.222. The van der Waals surface area contributed by atoms with Crippen LogP contribution in [-0.4, -0.2) is 20.2 Å². The third-order valence-corrected chi connectivity index (χ3v) is 2.17. The van der Waals surface area contributed by atoms with Crippen LogP contribution in [0.15, 0.2) is 12.1 Å². The normalized spacial score (nSPS) is 10.8. The maximum atomic E-state index is 13.6. The van der Waals surface area contributed by atoms with Gasteiger partial charge in [-0.25, -0.2) is 8.78 Å².